The second kappa shape index (κ2) is 10.3. The first-order valence-corrected chi connectivity index (χ1v) is 11.3. The molecule has 0 fully saturated rings. The molecule has 0 aliphatic rings. The standard InChI is InChI=1S/C22H27O7P/c1-15(2)29-20(23)11-12-30(25,17-9-7-6-8-10-17)22(24)21-18(27-4)13-16(26-3)14-19(21)28-5/h6-10,13-15H,11-12H2,1-5H3. The van der Waals surface area contributed by atoms with E-state index in [1.54, 1.807) is 44.2 Å². The number of carbonyl (C=O) groups is 2. The highest BCUT2D eigenvalue weighted by molar-refractivity contribution is 7.87. The van der Waals surface area contributed by atoms with Crippen molar-refractivity contribution >= 4 is 23.9 Å². The molecule has 0 aliphatic carbocycles. The Hall–Kier alpha value is -2.79. The highest BCUT2D eigenvalue weighted by Crippen LogP contribution is 2.52. The second-order valence-corrected chi connectivity index (χ2v) is 9.65. The molecule has 0 N–H and O–H groups in total. The zero-order valence-corrected chi connectivity index (χ0v) is 18.7. The maximum atomic E-state index is 14.1. The van der Waals surface area contributed by atoms with E-state index in [-0.39, 0.29) is 35.7 Å². The summed E-state index contributed by atoms with van der Waals surface area (Å²) in [5.74, 6) is 0.271. The van der Waals surface area contributed by atoms with Crippen molar-refractivity contribution < 1.29 is 33.1 Å². The lowest BCUT2D eigenvalue weighted by Gasteiger charge is -2.21. The van der Waals surface area contributed by atoms with Crippen LogP contribution in [0.1, 0.15) is 30.6 Å². The van der Waals surface area contributed by atoms with E-state index >= 15 is 0 Å². The van der Waals surface area contributed by atoms with E-state index in [2.05, 4.69) is 0 Å². The fourth-order valence-corrected chi connectivity index (χ4v) is 5.41. The topological polar surface area (TPSA) is 88.1 Å². The molecule has 0 saturated carbocycles. The Labute approximate surface area is 176 Å². The number of rotatable bonds is 10. The third kappa shape index (κ3) is 5.22. The van der Waals surface area contributed by atoms with E-state index in [9.17, 15) is 14.2 Å². The Morgan fingerprint density at radius 2 is 1.50 bits per heavy atom. The number of hydrogen-bond acceptors (Lipinski definition) is 7. The van der Waals surface area contributed by atoms with Gasteiger partial charge >= 0.3 is 5.97 Å². The van der Waals surface area contributed by atoms with Crippen LogP contribution in [0.3, 0.4) is 0 Å². The number of esters is 1. The van der Waals surface area contributed by atoms with Gasteiger partial charge in [-0.2, -0.15) is 0 Å². The second-order valence-electron chi connectivity index (χ2n) is 6.80. The first-order valence-electron chi connectivity index (χ1n) is 9.45. The molecule has 0 spiro atoms. The summed E-state index contributed by atoms with van der Waals surface area (Å²) in [4.78, 5) is 25.7. The van der Waals surface area contributed by atoms with Crippen LogP contribution in [0.4, 0.5) is 0 Å². The van der Waals surface area contributed by atoms with Crippen LogP contribution in [-0.4, -0.2) is 45.1 Å². The minimum atomic E-state index is -3.73. The summed E-state index contributed by atoms with van der Waals surface area (Å²) < 4.78 is 35.2. The molecule has 0 saturated heterocycles. The summed E-state index contributed by atoms with van der Waals surface area (Å²) in [6, 6.07) is 11.5. The largest absolute Gasteiger partial charge is 0.496 e. The van der Waals surface area contributed by atoms with Crippen LogP contribution in [0, 0.1) is 0 Å². The van der Waals surface area contributed by atoms with Gasteiger partial charge in [-0.15, -0.1) is 0 Å². The van der Waals surface area contributed by atoms with Gasteiger partial charge in [0.05, 0.1) is 33.9 Å². The van der Waals surface area contributed by atoms with Crippen molar-refractivity contribution in [2.24, 2.45) is 0 Å². The maximum Gasteiger partial charge on any atom is 0.306 e. The highest BCUT2D eigenvalue weighted by Gasteiger charge is 2.38. The predicted octanol–water partition coefficient (Wildman–Crippen LogP) is 3.88. The van der Waals surface area contributed by atoms with E-state index in [1.165, 1.54) is 33.5 Å². The van der Waals surface area contributed by atoms with Crippen molar-refractivity contribution in [3.8, 4) is 17.2 Å². The van der Waals surface area contributed by atoms with E-state index < -0.39 is 18.6 Å². The average molecular weight is 434 g/mol. The van der Waals surface area contributed by atoms with E-state index in [1.807, 2.05) is 0 Å². The molecule has 0 radical (unpaired) electrons. The Kier molecular flexibility index (Phi) is 8.07. The van der Waals surface area contributed by atoms with Crippen molar-refractivity contribution in [2.45, 2.75) is 26.4 Å². The Morgan fingerprint density at radius 3 is 1.97 bits per heavy atom. The molecule has 30 heavy (non-hydrogen) atoms. The zero-order chi connectivity index (χ0) is 22.3. The van der Waals surface area contributed by atoms with Gasteiger partial charge in [0.1, 0.15) is 22.8 Å². The first kappa shape index (κ1) is 23.5. The van der Waals surface area contributed by atoms with E-state index in [0.29, 0.717) is 11.1 Å². The van der Waals surface area contributed by atoms with Crippen LogP contribution in [0.15, 0.2) is 42.5 Å². The van der Waals surface area contributed by atoms with Gasteiger partial charge in [-0.05, 0) is 13.8 Å². The van der Waals surface area contributed by atoms with Crippen molar-refractivity contribution in [3.05, 3.63) is 48.0 Å². The molecule has 0 aliphatic heterocycles. The van der Waals surface area contributed by atoms with E-state index in [4.69, 9.17) is 18.9 Å². The average Bonchev–Trinajstić information content (AvgIpc) is 2.75. The number of hydrogen-bond donors (Lipinski definition) is 0. The molecule has 8 heteroatoms. The van der Waals surface area contributed by atoms with Crippen LogP contribution in [0.5, 0.6) is 17.2 Å². The first-order chi connectivity index (χ1) is 14.3. The lowest BCUT2D eigenvalue weighted by atomic mass is 10.2. The van der Waals surface area contributed by atoms with Gasteiger partial charge in [0.2, 0.25) is 5.52 Å². The Bertz CT molecular complexity index is 913. The fraction of sp³-hybridized carbons (Fsp3) is 0.364. The highest BCUT2D eigenvalue weighted by atomic mass is 31.2. The lowest BCUT2D eigenvalue weighted by molar-refractivity contribution is -0.146. The summed E-state index contributed by atoms with van der Waals surface area (Å²) in [7, 11) is 0.553. The van der Waals surface area contributed by atoms with Crippen LogP contribution in [0.25, 0.3) is 0 Å². The van der Waals surface area contributed by atoms with Gasteiger partial charge in [0.25, 0.3) is 0 Å². The summed E-state index contributed by atoms with van der Waals surface area (Å²) in [6.45, 7) is 3.46. The van der Waals surface area contributed by atoms with Crippen LogP contribution < -0.4 is 19.5 Å². The molecular formula is C22H27O7P. The lowest BCUT2D eigenvalue weighted by Crippen LogP contribution is -2.20. The number of benzene rings is 2. The van der Waals surface area contributed by atoms with Gasteiger partial charge < -0.3 is 23.5 Å². The van der Waals surface area contributed by atoms with Crippen molar-refractivity contribution in [1.82, 2.24) is 0 Å². The Balaban J connectivity index is 2.56. The molecule has 1 atom stereocenters. The van der Waals surface area contributed by atoms with Crippen LogP contribution in [-0.2, 0) is 14.1 Å². The van der Waals surface area contributed by atoms with Crippen LogP contribution in [0.2, 0.25) is 0 Å². The van der Waals surface area contributed by atoms with Crippen molar-refractivity contribution in [3.63, 3.8) is 0 Å². The molecule has 2 aromatic rings. The summed E-state index contributed by atoms with van der Waals surface area (Å²) in [5, 5.41) is 0.354. The number of ether oxygens (including phenoxy) is 4. The minimum Gasteiger partial charge on any atom is -0.496 e. The molecule has 162 valence electrons. The predicted molar refractivity (Wildman–Crippen MR) is 115 cm³/mol. The van der Waals surface area contributed by atoms with Gasteiger partial charge in [-0.25, -0.2) is 0 Å². The fourth-order valence-electron chi connectivity index (χ4n) is 2.98. The molecule has 2 rings (SSSR count). The minimum absolute atomic E-state index is 0.0465. The summed E-state index contributed by atoms with van der Waals surface area (Å²) >= 11 is 0. The molecule has 0 heterocycles. The van der Waals surface area contributed by atoms with Crippen molar-refractivity contribution in [1.29, 1.82) is 0 Å². The number of methoxy groups -OCH3 is 3. The van der Waals surface area contributed by atoms with Crippen LogP contribution >= 0.6 is 7.14 Å². The summed E-state index contributed by atoms with van der Waals surface area (Å²) in [6.07, 6.45) is -0.623. The zero-order valence-electron chi connectivity index (χ0n) is 17.8. The molecule has 0 bridgehead atoms. The summed E-state index contributed by atoms with van der Waals surface area (Å²) in [5.41, 5.74) is -0.604. The van der Waals surface area contributed by atoms with E-state index in [0.717, 1.165) is 0 Å². The number of carbonyl (C=O) groups excluding carboxylic acids is 2. The smallest absolute Gasteiger partial charge is 0.306 e. The third-order valence-corrected chi connectivity index (χ3v) is 7.29. The third-order valence-electron chi connectivity index (χ3n) is 4.43. The molecule has 7 nitrogen and oxygen atoms in total. The van der Waals surface area contributed by atoms with Crippen molar-refractivity contribution in [2.75, 3.05) is 27.5 Å². The SMILES string of the molecule is COc1cc(OC)c(C(=O)P(=O)(CCC(=O)OC(C)C)c2ccccc2)c(OC)c1. The molecule has 2 aromatic carbocycles. The maximum absolute atomic E-state index is 14.1. The quantitative estimate of drug-likeness (QED) is 0.414. The molecule has 0 amide bonds. The molecule has 1 unspecified atom stereocenters. The van der Waals surface area contributed by atoms with Gasteiger partial charge in [-0.3, -0.25) is 9.59 Å². The molecule has 0 aromatic heterocycles. The van der Waals surface area contributed by atoms with Gasteiger partial charge in [0, 0.05) is 23.6 Å². The van der Waals surface area contributed by atoms with Gasteiger partial charge in [-0.1, -0.05) is 30.3 Å². The van der Waals surface area contributed by atoms with Gasteiger partial charge in [0.15, 0.2) is 7.14 Å². The molecular weight excluding hydrogens is 407 g/mol. The monoisotopic (exact) mass is 434 g/mol. The normalized spacial score (nSPS) is 12.7. The Morgan fingerprint density at radius 1 is 0.933 bits per heavy atom.